The molecule has 0 aromatic heterocycles. The van der Waals surface area contributed by atoms with Gasteiger partial charge in [0.1, 0.15) is 0 Å². The Kier molecular flexibility index (Phi) is 2.14. The van der Waals surface area contributed by atoms with Crippen LogP contribution < -0.4 is 0 Å². The highest BCUT2D eigenvalue weighted by Gasteiger charge is 2.51. The lowest BCUT2D eigenvalue weighted by Crippen LogP contribution is -2.22. The molecule has 0 fully saturated rings. The highest BCUT2D eigenvalue weighted by Crippen LogP contribution is 2.52. The van der Waals surface area contributed by atoms with Gasteiger partial charge in [0.25, 0.3) is 0 Å². The average molecular weight is 202 g/mol. The zero-order valence-electron chi connectivity index (χ0n) is 8.90. The van der Waals surface area contributed by atoms with Crippen molar-refractivity contribution in [3.8, 4) is 0 Å². The number of benzene rings is 1. The van der Waals surface area contributed by atoms with Crippen LogP contribution in [0.3, 0.4) is 0 Å². The molecule has 1 aromatic carbocycles. The maximum absolute atomic E-state index is 11.0. The summed E-state index contributed by atoms with van der Waals surface area (Å²) < 4.78 is 0. The SMILES string of the molecule is CC(C)[C@]1(c2ccccc2)C=C1C(=O)O. The predicted octanol–water partition coefficient (Wildman–Crippen LogP) is 2.61. The van der Waals surface area contributed by atoms with E-state index in [4.69, 9.17) is 5.11 Å². The molecule has 1 aromatic rings. The van der Waals surface area contributed by atoms with Crippen molar-refractivity contribution in [1.82, 2.24) is 0 Å². The van der Waals surface area contributed by atoms with Gasteiger partial charge in [-0.05, 0) is 11.5 Å². The van der Waals surface area contributed by atoms with E-state index in [0.717, 1.165) is 5.56 Å². The summed E-state index contributed by atoms with van der Waals surface area (Å²) in [5, 5.41) is 9.03. The number of allylic oxidation sites excluding steroid dienone is 1. The summed E-state index contributed by atoms with van der Waals surface area (Å²) in [6.07, 6.45) is 1.86. The molecule has 1 atom stereocenters. The molecule has 0 amide bonds. The van der Waals surface area contributed by atoms with Crippen molar-refractivity contribution >= 4 is 5.97 Å². The summed E-state index contributed by atoms with van der Waals surface area (Å²) in [4.78, 5) is 11.0. The molecule has 1 aliphatic rings. The van der Waals surface area contributed by atoms with E-state index in [0.29, 0.717) is 5.57 Å². The minimum absolute atomic E-state index is 0.283. The molecule has 1 aliphatic carbocycles. The normalized spacial score (nSPS) is 23.8. The average Bonchev–Trinajstić information content (AvgIpc) is 2.95. The van der Waals surface area contributed by atoms with Gasteiger partial charge in [-0.25, -0.2) is 4.79 Å². The standard InChI is InChI=1S/C13H14O2/c1-9(2)13(8-11(13)12(14)15)10-6-4-3-5-7-10/h3-9H,1-2H3,(H,14,15)/t13-/m0/s1. The lowest BCUT2D eigenvalue weighted by molar-refractivity contribution is -0.132. The Morgan fingerprint density at radius 2 is 1.87 bits per heavy atom. The van der Waals surface area contributed by atoms with Crippen LogP contribution in [0.1, 0.15) is 19.4 Å². The topological polar surface area (TPSA) is 37.3 Å². The van der Waals surface area contributed by atoms with E-state index < -0.39 is 5.97 Å². The number of hydrogen-bond donors (Lipinski definition) is 1. The lowest BCUT2D eigenvalue weighted by Gasteiger charge is -2.22. The number of carbonyl (C=O) groups is 1. The number of carboxylic acids is 1. The second-order valence-corrected chi connectivity index (χ2v) is 4.25. The zero-order valence-corrected chi connectivity index (χ0v) is 8.90. The van der Waals surface area contributed by atoms with Gasteiger partial charge < -0.3 is 5.11 Å². The second kappa shape index (κ2) is 3.23. The van der Waals surface area contributed by atoms with Gasteiger partial charge in [-0.1, -0.05) is 50.3 Å². The highest BCUT2D eigenvalue weighted by molar-refractivity contribution is 5.97. The van der Waals surface area contributed by atoms with Gasteiger partial charge in [-0.3, -0.25) is 0 Å². The second-order valence-electron chi connectivity index (χ2n) is 4.25. The minimum atomic E-state index is -0.799. The van der Waals surface area contributed by atoms with E-state index in [-0.39, 0.29) is 11.3 Å². The van der Waals surface area contributed by atoms with Gasteiger partial charge in [0.2, 0.25) is 0 Å². The van der Waals surface area contributed by atoms with Crippen molar-refractivity contribution in [3.63, 3.8) is 0 Å². The smallest absolute Gasteiger partial charge is 0.332 e. The largest absolute Gasteiger partial charge is 0.478 e. The predicted molar refractivity (Wildman–Crippen MR) is 58.7 cm³/mol. The summed E-state index contributed by atoms with van der Waals surface area (Å²) >= 11 is 0. The molecular weight excluding hydrogens is 188 g/mol. The quantitative estimate of drug-likeness (QED) is 0.818. The third-order valence-corrected chi connectivity index (χ3v) is 3.13. The highest BCUT2D eigenvalue weighted by atomic mass is 16.4. The Balaban J connectivity index is 2.38. The van der Waals surface area contributed by atoms with Crippen LogP contribution in [0.25, 0.3) is 0 Å². The van der Waals surface area contributed by atoms with E-state index in [1.54, 1.807) is 0 Å². The first-order valence-electron chi connectivity index (χ1n) is 5.11. The number of rotatable bonds is 3. The zero-order chi connectivity index (χ0) is 11.1. The third kappa shape index (κ3) is 1.37. The fourth-order valence-corrected chi connectivity index (χ4v) is 2.19. The van der Waals surface area contributed by atoms with Crippen molar-refractivity contribution in [1.29, 1.82) is 0 Å². The van der Waals surface area contributed by atoms with Crippen LogP contribution in [0.5, 0.6) is 0 Å². The minimum Gasteiger partial charge on any atom is -0.478 e. The molecule has 0 heterocycles. The summed E-state index contributed by atoms with van der Waals surface area (Å²) in [6.45, 7) is 4.11. The summed E-state index contributed by atoms with van der Waals surface area (Å²) in [5.41, 5.74) is 1.29. The van der Waals surface area contributed by atoms with E-state index >= 15 is 0 Å². The summed E-state index contributed by atoms with van der Waals surface area (Å²) in [7, 11) is 0. The molecule has 2 rings (SSSR count). The molecule has 0 radical (unpaired) electrons. The first-order chi connectivity index (χ1) is 7.09. The Morgan fingerprint density at radius 1 is 1.27 bits per heavy atom. The monoisotopic (exact) mass is 202 g/mol. The molecule has 0 spiro atoms. The molecule has 0 bridgehead atoms. The van der Waals surface area contributed by atoms with Crippen LogP contribution >= 0.6 is 0 Å². The van der Waals surface area contributed by atoms with E-state index in [1.807, 2.05) is 36.4 Å². The van der Waals surface area contributed by atoms with Crippen molar-refractivity contribution in [2.24, 2.45) is 5.92 Å². The maximum atomic E-state index is 11.0. The molecular formula is C13H14O2. The van der Waals surface area contributed by atoms with Gasteiger partial charge in [-0.2, -0.15) is 0 Å². The van der Waals surface area contributed by atoms with Crippen LogP contribution in [0.2, 0.25) is 0 Å². The number of carboxylic acid groups (broad SMARTS) is 1. The Hall–Kier alpha value is -1.57. The van der Waals surface area contributed by atoms with Crippen LogP contribution in [-0.4, -0.2) is 11.1 Å². The Bertz CT molecular complexity index is 417. The third-order valence-electron chi connectivity index (χ3n) is 3.13. The molecule has 2 nitrogen and oxygen atoms in total. The molecule has 15 heavy (non-hydrogen) atoms. The fourth-order valence-electron chi connectivity index (χ4n) is 2.19. The molecule has 0 saturated heterocycles. The molecule has 1 N–H and O–H groups in total. The summed E-state index contributed by atoms with van der Waals surface area (Å²) in [5.74, 6) is -0.515. The number of aliphatic carboxylic acids is 1. The van der Waals surface area contributed by atoms with E-state index in [1.165, 1.54) is 0 Å². The first kappa shape index (κ1) is 9.97. The van der Waals surface area contributed by atoms with Gasteiger partial charge in [0.15, 0.2) is 0 Å². The number of hydrogen-bond acceptors (Lipinski definition) is 1. The van der Waals surface area contributed by atoms with Crippen molar-refractivity contribution in [3.05, 3.63) is 47.5 Å². The fraction of sp³-hybridized carbons (Fsp3) is 0.308. The van der Waals surface area contributed by atoms with Crippen molar-refractivity contribution in [2.75, 3.05) is 0 Å². The van der Waals surface area contributed by atoms with Gasteiger partial charge in [0.05, 0.1) is 0 Å². The lowest BCUT2D eigenvalue weighted by atomic mass is 9.80. The summed E-state index contributed by atoms with van der Waals surface area (Å²) in [6, 6.07) is 9.83. The van der Waals surface area contributed by atoms with Crippen molar-refractivity contribution < 1.29 is 9.90 Å². The first-order valence-corrected chi connectivity index (χ1v) is 5.11. The van der Waals surface area contributed by atoms with Crippen molar-refractivity contribution in [2.45, 2.75) is 19.3 Å². The molecule has 0 unspecified atom stereocenters. The molecule has 0 saturated carbocycles. The maximum Gasteiger partial charge on any atom is 0.332 e. The van der Waals surface area contributed by atoms with E-state index in [2.05, 4.69) is 13.8 Å². The van der Waals surface area contributed by atoms with Crippen LogP contribution in [-0.2, 0) is 10.2 Å². The van der Waals surface area contributed by atoms with Crippen LogP contribution in [0.4, 0.5) is 0 Å². The van der Waals surface area contributed by atoms with E-state index in [9.17, 15) is 4.79 Å². The van der Waals surface area contributed by atoms with Gasteiger partial charge >= 0.3 is 5.97 Å². The van der Waals surface area contributed by atoms with Gasteiger partial charge in [0, 0.05) is 11.0 Å². The molecule has 0 aliphatic heterocycles. The van der Waals surface area contributed by atoms with Crippen LogP contribution in [0.15, 0.2) is 42.0 Å². The molecule has 78 valence electrons. The Labute approximate surface area is 89.2 Å². The Morgan fingerprint density at radius 3 is 2.27 bits per heavy atom. The van der Waals surface area contributed by atoms with Gasteiger partial charge in [-0.15, -0.1) is 0 Å². The van der Waals surface area contributed by atoms with Crippen LogP contribution in [0, 0.1) is 5.92 Å². The molecule has 2 heteroatoms.